The fourth-order valence-corrected chi connectivity index (χ4v) is 3.36. The van der Waals surface area contributed by atoms with Gasteiger partial charge < -0.3 is 15.2 Å². The summed E-state index contributed by atoms with van der Waals surface area (Å²) in [4.78, 5) is 13.5. The van der Waals surface area contributed by atoms with Crippen LogP contribution in [-0.4, -0.2) is 20.1 Å². The van der Waals surface area contributed by atoms with E-state index in [1.54, 1.807) is 6.92 Å². The molecule has 0 aliphatic heterocycles. The number of hydrogen-bond acceptors (Lipinski definition) is 8. The minimum absolute atomic E-state index is 0.396. The van der Waals surface area contributed by atoms with Gasteiger partial charge in [-0.1, -0.05) is 16.5 Å². The first-order chi connectivity index (χ1) is 13.3. The van der Waals surface area contributed by atoms with Crippen molar-refractivity contribution in [3.05, 3.63) is 47.6 Å². The van der Waals surface area contributed by atoms with E-state index in [1.807, 2.05) is 6.92 Å². The first-order valence-corrected chi connectivity index (χ1v) is 8.88. The van der Waals surface area contributed by atoms with Crippen LogP contribution >= 0.6 is 11.3 Å². The number of thiazole rings is 1. The van der Waals surface area contributed by atoms with Gasteiger partial charge in [-0.15, -0.1) is 0 Å². The zero-order valence-electron chi connectivity index (χ0n) is 14.6. The van der Waals surface area contributed by atoms with E-state index >= 15 is 0 Å². The van der Waals surface area contributed by atoms with Gasteiger partial charge in [0, 0.05) is 5.69 Å². The van der Waals surface area contributed by atoms with E-state index in [1.165, 1.54) is 29.8 Å². The lowest BCUT2D eigenvalue weighted by molar-refractivity contribution is -0.137. The molecule has 0 aliphatic rings. The smallest absolute Gasteiger partial charge is 0.359 e. The van der Waals surface area contributed by atoms with Crippen molar-refractivity contribution < 1.29 is 17.7 Å². The first kappa shape index (κ1) is 18.2. The van der Waals surface area contributed by atoms with E-state index in [0.29, 0.717) is 38.4 Å². The monoisotopic (exact) mass is 406 g/mol. The molecule has 28 heavy (non-hydrogen) atoms. The summed E-state index contributed by atoms with van der Waals surface area (Å²) in [6.07, 6.45) is -3.01. The fourth-order valence-electron chi connectivity index (χ4n) is 2.55. The minimum atomic E-state index is -4.38. The number of halogens is 3. The summed E-state index contributed by atoms with van der Waals surface area (Å²) in [7, 11) is 0. The Morgan fingerprint density at radius 1 is 1.04 bits per heavy atom. The van der Waals surface area contributed by atoms with Crippen LogP contribution in [0.1, 0.15) is 17.0 Å². The highest BCUT2D eigenvalue weighted by Crippen LogP contribution is 2.34. The molecule has 3 aromatic heterocycles. The molecule has 11 heteroatoms. The molecular weight excluding hydrogens is 393 g/mol. The van der Waals surface area contributed by atoms with Crippen molar-refractivity contribution in [2.24, 2.45) is 0 Å². The lowest BCUT2D eigenvalue weighted by Gasteiger charge is -2.09. The van der Waals surface area contributed by atoms with Gasteiger partial charge in [0.25, 0.3) is 0 Å². The number of fused-ring (bicyclic) bond motifs is 1. The second kappa shape index (κ2) is 6.75. The molecule has 0 fully saturated rings. The molecule has 1 aromatic carbocycles. The van der Waals surface area contributed by atoms with Crippen molar-refractivity contribution in [3.8, 4) is 0 Å². The molecule has 0 bridgehead atoms. The number of hydrogen-bond donors (Lipinski definition) is 2. The van der Waals surface area contributed by atoms with Crippen LogP contribution < -0.4 is 10.6 Å². The largest absolute Gasteiger partial charge is 0.416 e. The normalized spacial score (nSPS) is 11.8. The van der Waals surface area contributed by atoms with Gasteiger partial charge in [-0.05, 0) is 38.1 Å². The van der Waals surface area contributed by atoms with E-state index in [4.69, 9.17) is 4.52 Å². The molecule has 4 rings (SSSR count). The lowest BCUT2D eigenvalue weighted by Crippen LogP contribution is -2.04. The highest BCUT2D eigenvalue weighted by Gasteiger charge is 2.30. The van der Waals surface area contributed by atoms with Gasteiger partial charge in [-0.25, -0.2) is 15.0 Å². The van der Waals surface area contributed by atoms with Gasteiger partial charge in [0.05, 0.1) is 5.56 Å². The lowest BCUT2D eigenvalue weighted by atomic mass is 10.2. The van der Waals surface area contributed by atoms with Crippen LogP contribution in [0.5, 0.6) is 0 Å². The highest BCUT2D eigenvalue weighted by molar-refractivity contribution is 7.21. The molecule has 0 unspecified atom stereocenters. The second-order valence-corrected chi connectivity index (χ2v) is 6.90. The number of anilines is 4. The first-order valence-electron chi connectivity index (χ1n) is 8.07. The molecule has 0 spiro atoms. The Morgan fingerprint density at radius 3 is 2.43 bits per heavy atom. The average Bonchev–Trinajstić information content (AvgIpc) is 3.20. The molecule has 144 valence electrons. The molecule has 7 nitrogen and oxygen atoms in total. The molecule has 0 atom stereocenters. The molecule has 2 N–H and O–H groups in total. The van der Waals surface area contributed by atoms with E-state index < -0.39 is 11.7 Å². The molecule has 3 heterocycles. The van der Waals surface area contributed by atoms with E-state index in [2.05, 4.69) is 30.7 Å². The third-order valence-corrected chi connectivity index (χ3v) is 4.81. The zero-order valence-corrected chi connectivity index (χ0v) is 15.4. The van der Waals surface area contributed by atoms with Crippen LogP contribution in [0.25, 0.3) is 10.3 Å². The Labute approximate surface area is 160 Å². The topological polar surface area (TPSA) is 88.8 Å². The molecule has 0 aliphatic carbocycles. The summed E-state index contributed by atoms with van der Waals surface area (Å²) in [5.41, 5.74) is 1.67. The molecule has 0 amide bonds. The third kappa shape index (κ3) is 3.48. The summed E-state index contributed by atoms with van der Waals surface area (Å²) < 4.78 is 43.2. The molecular formula is C17H13F3N6OS. The standard InChI is InChI=1S/C17H13F3N6OS/c1-8-12(9(2)27-26-8)24-16-25-13-14(21-7-22-15(13)28-16)23-11-5-3-10(4-6-11)17(18,19)20/h3-7H,1-2H3,(H,24,25)(H,21,22,23). The van der Waals surface area contributed by atoms with Gasteiger partial charge in [0.1, 0.15) is 23.2 Å². The van der Waals surface area contributed by atoms with E-state index in [9.17, 15) is 13.2 Å². The van der Waals surface area contributed by atoms with Crippen LogP contribution in [0.2, 0.25) is 0 Å². The zero-order chi connectivity index (χ0) is 19.9. The Hall–Kier alpha value is -3.21. The molecule has 0 saturated carbocycles. The maximum absolute atomic E-state index is 12.7. The predicted octanol–water partition coefficient (Wildman–Crippen LogP) is 5.20. The summed E-state index contributed by atoms with van der Waals surface area (Å²) >= 11 is 1.31. The summed E-state index contributed by atoms with van der Waals surface area (Å²) in [6, 6.07) is 4.69. The van der Waals surface area contributed by atoms with Crippen LogP contribution in [0.4, 0.5) is 35.5 Å². The Morgan fingerprint density at radius 2 is 1.79 bits per heavy atom. The summed E-state index contributed by atoms with van der Waals surface area (Å²) in [6.45, 7) is 3.59. The summed E-state index contributed by atoms with van der Waals surface area (Å²) in [5, 5.41) is 10.6. The summed E-state index contributed by atoms with van der Waals surface area (Å²) in [5.74, 6) is 1.03. The van der Waals surface area contributed by atoms with Crippen molar-refractivity contribution >= 4 is 44.0 Å². The Balaban J connectivity index is 1.62. The highest BCUT2D eigenvalue weighted by atomic mass is 32.1. The second-order valence-electron chi connectivity index (χ2n) is 5.92. The van der Waals surface area contributed by atoms with Gasteiger partial charge in [0.2, 0.25) is 0 Å². The third-order valence-electron chi connectivity index (χ3n) is 3.94. The van der Waals surface area contributed by atoms with Crippen molar-refractivity contribution in [2.45, 2.75) is 20.0 Å². The van der Waals surface area contributed by atoms with Gasteiger partial charge in [-0.2, -0.15) is 13.2 Å². The fraction of sp³-hybridized carbons (Fsp3) is 0.176. The van der Waals surface area contributed by atoms with Crippen LogP contribution in [0.3, 0.4) is 0 Å². The number of alkyl halides is 3. The van der Waals surface area contributed by atoms with Crippen LogP contribution in [0.15, 0.2) is 35.1 Å². The Kier molecular flexibility index (Phi) is 4.38. The molecule has 0 saturated heterocycles. The van der Waals surface area contributed by atoms with Gasteiger partial charge >= 0.3 is 6.18 Å². The van der Waals surface area contributed by atoms with Crippen molar-refractivity contribution in [1.29, 1.82) is 0 Å². The van der Waals surface area contributed by atoms with Crippen LogP contribution in [-0.2, 0) is 6.18 Å². The number of aromatic nitrogens is 4. The maximum Gasteiger partial charge on any atom is 0.416 e. The van der Waals surface area contributed by atoms with Crippen molar-refractivity contribution in [2.75, 3.05) is 10.6 Å². The SMILES string of the molecule is Cc1noc(C)c1Nc1nc2c(Nc3ccc(C(F)(F)F)cc3)ncnc2s1. The number of aryl methyl sites for hydroxylation is 2. The molecule has 4 aromatic rings. The number of nitrogens with one attached hydrogen (secondary N) is 2. The minimum Gasteiger partial charge on any atom is -0.359 e. The number of nitrogens with zero attached hydrogens (tertiary/aromatic N) is 4. The quantitative estimate of drug-likeness (QED) is 0.482. The van der Waals surface area contributed by atoms with Crippen molar-refractivity contribution in [1.82, 2.24) is 20.1 Å². The number of rotatable bonds is 4. The van der Waals surface area contributed by atoms with E-state index in [0.717, 1.165) is 17.8 Å². The predicted molar refractivity (Wildman–Crippen MR) is 99.2 cm³/mol. The average molecular weight is 406 g/mol. The molecule has 0 radical (unpaired) electrons. The van der Waals surface area contributed by atoms with Crippen LogP contribution in [0, 0.1) is 13.8 Å². The van der Waals surface area contributed by atoms with Gasteiger partial charge in [0.15, 0.2) is 21.5 Å². The van der Waals surface area contributed by atoms with E-state index in [-0.39, 0.29) is 0 Å². The Bertz CT molecular complexity index is 1120. The maximum atomic E-state index is 12.7. The van der Waals surface area contributed by atoms with Gasteiger partial charge in [-0.3, -0.25) is 0 Å². The number of benzene rings is 1. The van der Waals surface area contributed by atoms with Crippen molar-refractivity contribution in [3.63, 3.8) is 0 Å².